The predicted molar refractivity (Wildman–Crippen MR) is 105 cm³/mol. The zero-order valence-corrected chi connectivity index (χ0v) is 15.6. The van der Waals surface area contributed by atoms with Crippen LogP contribution in [0.25, 0.3) is 0 Å². The molecule has 2 aromatic rings. The predicted octanol–water partition coefficient (Wildman–Crippen LogP) is 3.38. The molecule has 1 fully saturated rings. The highest BCUT2D eigenvalue weighted by atomic mass is 35.5. The number of carbonyl (C=O) groups is 1. The summed E-state index contributed by atoms with van der Waals surface area (Å²) in [5.41, 5.74) is 7.80. The van der Waals surface area contributed by atoms with Crippen molar-refractivity contribution in [3.8, 4) is 5.75 Å². The summed E-state index contributed by atoms with van der Waals surface area (Å²) in [5, 5.41) is 3.38. The quantitative estimate of drug-likeness (QED) is 0.789. The summed E-state index contributed by atoms with van der Waals surface area (Å²) < 4.78 is 5.25. The molecule has 6 heteroatoms. The maximum Gasteiger partial charge on any atom is 0.255 e. The largest absolute Gasteiger partial charge is 0.496 e. The number of halogens is 1. The molecular formula is C20H23ClN3O2. The van der Waals surface area contributed by atoms with E-state index >= 15 is 0 Å². The average Bonchev–Trinajstić information content (AvgIpc) is 2.69. The van der Waals surface area contributed by atoms with Gasteiger partial charge < -0.3 is 20.7 Å². The number of piperidine rings is 1. The summed E-state index contributed by atoms with van der Waals surface area (Å²) in [5.74, 6) is 0.695. The fraction of sp³-hybridized carbons (Fsp3) is 0.350. The Morgan fingerprint density at radius 2 is 2.19 bits per heavy atom. The summed E-state index contributed by atoms with van der Waals surface area (Å²) in [6, 6.07) is 14.3. The highest BCUT2D eigenvalue weighted by Gasteiger charge is 2.21. The fourth-order valence-electron chi connectivity index (χ4n) is 3.23. The SMILES string of the molecule is COc1cc(Cl)c(N)cc1C(=O)NCC1CCN(c2c[c]ccc2)CC1. The third-order valence-corrected chi connectivity index (χ3v) is 5.11. The van der Waals surface area contributed by atoms with Gasteiger partial charge in [-0.1, -0.05) is 23.7 Å². The van der Waals surface area contributed by atoms with E-state index < -0.39 is 0 Å². The lowest BCUT2D eigenvalue weighted by Gasteiger charge is -2.33. The molecule has 5 nitrogen and oxygen atoms in total. The van der Waals surface area contributed by atoms with Gasteiger partial charge in [0.15, 0.2) is 0 Å². The Kier molecular flexibility index (Phi) is 5.89. The van der Waals surface area contributed by atoms with E-state index in [1.807, 2.05) is 18.2 Å². The van der Waals surface area contributed by atoms with Gasteiger partial charge in [-0.3, -0.25) is 4.79 Å². The van der Waals surface area contributed by atoms with Crippen molar-refractivity contribution in [3.63, 3.8) is 0 Å². The topological polar surface area (TPSA) is 67.6 Å². The molecule has 0 unspecified atom stereocenters. The molecule has 0 saturated carbocycles. The highest BCUT2D eigenvalue weighted by Crippen LogP contribution is 2.29. The van der Waals surface area contributed by atoms with Crippen LogP contribution in [0.15, 0.2) is 36.4 Å². The molecule has 1 aliphatic rings. The number of nitrogens with two attached hydrogens (primary N) is 1. The molecule has 1 saturated heterocycles. The number of hydrogen-bond acceptors (Lipinski definition) is 4. The number of hydrogen-bond donors (Lipinski definition) is 2. The number of nitrogen functional groups attached to an aromatic ring is 1. The summed E-state index contributed by atoms with van der Waals surface area (Å²) in [7, 11) is 1.51. The first-order valence-electron chi connectivity index (χ1n) is 8.70. The van der Waals surface area contributed by atoms with Crippen LogP contribution in [0.5, 0.6) is 5.75 Å². The van der Waals surface area contributed by atoms with Gasteiger partial charge in [0, 0.05) is 31.4 Å². The number of rotatable bonds is 5. The molecule has 26 heavy (non-hydrogen) atoms. The summed E-state index contributed by atoms with van der Waals surface area (Å²) in [4.78, 5) is 14.9. The molecule has 0 aliphatic carbocycles. The van der Waals surface area contributed by atoms with Gasteiger partial charge in [-0.05, 0) is 43.0 Å². The molecule has 1 amide bonds. The number of carbonyl (C=O) groups excluding carboxylic acids is 1. The van der Waals surface area contributed by atoms with Crippen molar-refractivity contribution in [1.82, 2.24) is 5.32 Å². The van der Waals surface area contributed by atoms with Crippen LogP contribution in [0.1, 0.15) is 23.2 Å². The lowest BCUT2D eigenvalue weighted by molar-refractivity contribution is 0.0942. The Labute approximate surface area is 159 Å². The second-order valence-electron chi connectivity index (χ2n) is 6.48. The van der Waals surface area contributed by atoms with Crippen molar-refractivity contribution in [1.29, 1.82) is 0 Å². The van der Waals surface area contributed by atoms with Gasteiger partial charge in [0.2, 0.25) is 0 Å². The fourth-order valence-corrected chi connectivity index (χ4v) is 3.38. The van der Waals surface area contributed by atoms with E-state index in [-0.39, 0.29) is 5.91 Å². The Morgan fingerprint density at radius 3 is 2.85 bits per heavy atom. The number of nitrogens with zero attached hydrogens (tertiary/aromatic N) is 1. The van der Waals surface area contributed by atoms with Gasteiger partial charge >= 0.3 is 0 Å². The minimum Gasteiger partial charge on any atom is -0.496 e. The number of benzene rings is 2. The monoisotopic (exact) mass is 372 g/mol. The molecule has 3 N–H and O–H groups in total. The lowest BCUT2D eigenvalue weighted by Crippen LogP contribution is -2.38. The normalized spacial score (nSPS) is 14.9. The van der Waals surface area contributed by atoms with E-state index in [0.717, 1.165) is 25.9 Å². The molecule has 0 spiro atoms. The number of methoxy groups -OCH3 is 1. The summed E-state index contributed by atoms with van der Waals surface area (Å²) >= 11 is 5.99. The average molecular weight is 373 g/mol. The van der Waals surface area contributed by atoms with Crippen LogP contribution < -0.4 is 20.7 Å². The Balaban J connectivity index is 1.54. The summed E-state index contributed by atoms with van der Waals surface area (Å²) in [6.45, 7) is 2.60. The Hall–Kier alpha value is -2.40. The zero-order chi connectivity index (χ0) is 18.5. The number of amides is 1. The van der Waals surface area contributed by atoms with Gasteiger partial charge in [-0.15, -0.1) is 0 Å². The molecule has 3 rings (SSSR count). The van der Waals surface area contributed by atoms with E-state index in [4.69, 9.17) is 22.1 Å². The van der Waals surface area contributed by atoms with E-state index in [2.05, 4.69) is 22.3 Å². The van der Waals surface area contributed by atoms with E-state index in [1.165, 1.54) is 12.8 Å². The Bertz CT molecular complexity index is 759. The first kappa shape index (κ1) is 18.4. The van der Waals surface area contributed by atoms with Gasteiger partial charge in [0.05, 0.1) is 23.4 Å². The minimum absolute atomic E-state index is 0.190. The molecule has 0 aromatic heterocycles. The van der Waals surface area contributed by atoms with Crippen LogP contribution >= 0.6 is 11.6 Å². The van der Waals surface area contributed by atoms with Crippen LogP contribution in [-0.2, 0) is 0 Å². The highest BCUT2D eigenvalue weighted by molar-refractivity contribution is 6.33. The third kappa shape index (κ3) is 4.22. The van der Waals surface area contributed by atoms with Crippen molar-refractivity contribution in [2.75, 3.05) is 37.4 Å². The van der Waals surface area contributed by atoms with Crippen LogP contribution in [0.3, 0.4) is 0 Å². The standard InChI is InChI=1S/C20H23ClN3O2/c1-26-19-12-17(21)18(22)11-16(19)20(25)23-13-14-7-9-24(10-8-14)15-5-3-2-4-6-15/h2-3,5-6,11-12,14H,7-10,13,22H2,1H3,(H,23,25). The molecular weight excluding hydrogens is 350 g/mol. The number of ether oxygens (including phenoxy) is 1. The number of anilines is 2. The maximum atomic E-state index is 12.5. The minimum atomic E-state index is -0.190. The van der Waals surface area contributed by atoms with E-state index in [9.17, 15) is 4.79 Å². The van der Waals surface area contributed by atoms with Crippen molar-refractivity contribution in [2.45, 2.75) is 12.8 Å². The smallest absolute Gasteiger partial charge is 0.255 e. The molecule has 2 aromatic carbocycles. The molecule has 0 bridgehead atoms. The molecule has 0 atom stereocenters. The second-order valence-corrected chi connectivity index (χ2v) is 6.88. The maximum absolute atomic E-state index is 12.5. The van der Waals surface area contributed by atoms with Gasteiger partial charge in [-0.2, -0.15) is 0 Å². The molecule has 1 radical (unpaired) electrons. The van der Waals surface area contributed by atoms with Crippen LogP contribution in [-0.4, -0.2) is 32.7 Å². The van der Waals surface area contributed by atoms with Gasteiger partial charge in [0.1, 0.15) is 5.75 Å². The lowest BCUT2D eigenvalue weighted by atomic mass is 9.96. The summed E-state index contributed by atoms with van der Waals surface area (Å²) in [6.07, 6.45) is 2.07. The molecule has 1 aliphatic heterocycles. The first-order chi connectivity index (χ1) is 12.6. The second kappa shape index (κ2) is 8.32. The van der Waals surface area contributed by atoms with Crippen LogP contribution in [0.4, 0.5) is 11.4 Å². The molecule has 1 heterocycles. The van der Waals surface area contributed by atoms with Crippen molar-refractivity contribution in [2.24, 2.45) is 5.92 Å². The zero-order valence-electron chi connectivity index (χ0n) is 14.8. The van der Waals surface area contributed by atoms with Crippen LogP contribution in [0, 0.1) is 12.0 Å². The van der Waals surface area contributed by atoms with E-state index in [1.54, 1.807) is 12.1 Å². The Morgan fingerprint density at radius 1 is 1.42 bits per heavy atom. The van der Waals surface area contributed by atoms with E-state index in [0.29, 0.717) is 34.5 Å². The first-order valence-corrected chi connectivity index (χ1v) is 9.08. The van der Waals surface area contributed by atoms with Gasteiger partial charge in [0.25, 0.3) is 5.91 Å². The van der Waals surface area contributed by atoms with Gasteiger partial charge in [-0.25, -0.2) is 0 Å². The van der Waals surface area contributed by atoms with Crippen molar-refractivity contribution < 1.29 is 9.53 Å². The third-order valence-electron chi connectivity index (χ3n) is 4.79. The number of nitrogens with one attached hydrogen (secondary N) is 1. The van der Waals surface area contributed by atoms with Crippen LogP contribution in [0.2, 0.25) is 5.02 Å². The molecule has 137 valence electrons. The van der Waals surface area contributed by atoms with Crippen molar-refractivity contribution >= 4 is 28.9 Å². The van der Waals surface area contributed by atoms with Crippen molar-refractivity contribution in [3.05, 3.63) is 53.1 Å².